The molecule has 0 aliphatic carbocycles. The number of halogens is 1. The van der Waals surface area contributed by atoms with Crippen LogP contribution in [0.2, 0.25) is 5.02 Å². The van der Waals surface area contributed by atoms with Crippen molar-refractivity contribution in [2.24, 2.45) is 0 Å². The third kappa shape index (κ3) is 4.41. The minimum absolute atomic E-state index is 0.0600. The molecule has 0 bridgehead atoms. The number of para-hydroxylation sites is 1. The predicted molar refractivity (Wildman–Crippen MR) is 135 cm³/mol. The van der Waals surface area contributed by atoms with Gasteiger partial charge in [0.05, 0.1) is 12.2 Å². The molecule has 0 unspecified atom stereocenters. The monoisotopic (exact) mass is 451 g/mol. The number of benzene rings is 4. The summed E-state index contributed by atoms with van der Waals surface area (Å²) in [6, 6.07) is 33.1. The highest BCUT2D eigenvalue weighted by Gasteiger charge is 2.14. The van der Waals surface area contributed by atoms with E-state index in [1.165, 1.54) is 5.56 Å². The molecular formula is C29H22ClNO2. The van der Waals surface area contributed by atoms with Crippen LogP contribution in [0.3, 0.4) is 0 Å². The van der Waals surface area contributed by atoms with E-state index in [1.807, 2.05) is 83.4 Å². The molecule has 0 saturated carbocycles. The van der Waals surface area contributed by atoms with E-state index in [4.69, 9.17) is 16.3 Å². The van der Waals surface area contributed by atoms with Crippen LogP contribution in [0.4, 0.5) is 0 Å². The summed E-state index contributed by atoms with van der Waals surface area (Å²) in [5.41, 5.74) is 3.92. The lowest BCUT2D eigenvalue weighted by atomic mass is 10.0. The summed E-state index contributed by atoms with van der Waals surface area (Å²) >= 11 is 6.47. The zero-order valence-corrected chi connectivity index (χ0v) is 18.9. The number of rotatable bonds is 5. The van der Waals surface area contributed by atoms with Crippen molar-refractivity contribution in [3.63, 3.8) is 0 Å². The minimum Gasteiger partial charge on any atom is -0.457 e. The highest BCUT2D eigenvalue weighted by molar-refractivity contribution is 6.35. The van der Waals surface area contributed by atoms with E-state index in [0.717, 1.165) is 33.7 Å². The highest BCUT2D eigenvalue weighted by atomic mass is 35.5. The predicted octanol–water partition coefficient (Wildman–Crippen LogP) is 7.47. The van der Waals surface area contributed by atoms with Gasteiger partial charge in [-0.2, -0.15) is 0 Å². The Bertz CT molecular complexity index is 1470. The number of pyridine rings is 1. The number of fused-ring (bicyclic) bond motifs is 1. The molecule has 5 rings (SSSR count). The normalized spacial score (nSPS) is 11.0. The molecule has 0 saturated heterocycles. The third-order valence-corrected chi connectivity index (χ3v) is 6.02. The molecule has 162 valence electrons. The lowest BCUT2D eigenvalue weighted by Crippen LogP contribution is -2.22. The van der Waals surface area contributed by atoms with Gasteiger partial charge in [-0.3, -0.25) is 4.79 Å². The standard InChI is InChI=1S/C29H22ClNO2/c1-20-10-12-21(13-11-20)19-31-28(18-26-25(29(31)32)8-5-9-27(26)30)22-14-16-24(17-15-22)33-23-6-3-2-4-7-23/h2-18H,19H2,1H3. The number of hydrogen-bond donors (Lipinski definition) is 0. The molecule has 0 radical (unpaired) electrons. The van der Waals surface area contributed by atoms with Gasteiger partial charge in [0, 0.05) is 15.8 Å². The maximum absolute atomic E-state index is 13.5. The molecule has 0 spiro atoms. The number of ether oxygens (including phenoxy) is 1. The molecule has 0 aliphatic rings. The van der Waals surface area contributed by atoms with Crippen molar-refractivity contribution in [2.75, 3.05) is 0 Å². The second kappa shape index (κ2) is 8.97. The Balaban J connectivity index is 1.60. The van der Waals surface area contributed by atoms with Crippen LogP contribution in [0, 0.1) is 6.92 Å². The van der Waals surface area contributed by atoms with Crippen molar-refractivity contribution >= 4 is 22.4 Å². The quantitative estimate of drug-likeness (QED) is 0.277. The molecule has 0 amide bonds. The number of nitrogens with zero attached hydrogens (tertiary/aromatic N) is 1. The van der Waals surface area contributed by atoms with Crippen molar-refractivity contribution in [3.8, 4) is 22.8 Å². The van der Waals surface area contributed by atoms with Gasteiger partial charge in [-0.15, -0.1) is 0 Å². The van der Waals surface area contributed by atoms with Gasteiger partial charge >= 0.3 is 0 Å². The molecule has 0 aliphatic heterocycles. The van der Waals surface area contributed by atoms with Crippen molar-refractivity contribution in [1.82, 2.24) is 4.57 Å². The van der Waals surface area contributed by atoms with Crippen molar-refractivity contribution in [1.29, 1.82) is 0 Å². The molecule has 0 atom stereocenters. The van der Waals surface area contributed by atoms with Gasteiger partial charge in [0.25, 0.3) is 5.56 Å². The number of hydrogen-bond acceptors (Lipinski definition) is 2. The molecule has 4 aromatic carbocycles. The first-order chi connectivity index (χ1) is 16.1. The Morgan fingerprint density at radius 2 is 1.45 bits per heavy atom. The van der Waals surface area contributed by atoms with Crippen LogP contribution in [-0.2, 0) is 6.54 Å². The minimum atomic E-state index is -0.0600. The highest BCUT2D eigenvalue weighted by Crippen LogP contribution is 2.30. The summed E-state index contributed by atoms with van der Waals surface area (Å²) in [5.74, 6) is 1.51. The van der Waals surface area contributed by atoms with Gasteiger partial charge in [0.2, 0.25) is 0 Å². The van der Waals surface area contributed by atoms with Gasteiger partial charge < -0.3 is 9.30 Å². The van der Waals surface area contributed by atoms with E-state index in [1.54, 1.807) is 0 Å². The second-order valence-corrected chi connectivity index (χ2v) is 8.45. The van der Waals surface area contributed by atoms with E-state index in [9.17, 15) is 4.79 Å². The Labute approximate surface area is 197 Å². The van der Waals surface area contributed by atoms with E-state index < -0.39 is 0 Å². The van der Waals surface area contributed by atoms with Crippen molar-refractivity contribution in [3.05, 3.63) is 130 Å². The van der Waals surface area contributed by atoms with Gasteiger partial charge in [-0.1, -0.05) is 65.7 Å². The zero-order chi connectivity index (χ0) is 22.8. The smallest absolute Gasteiger partial charge is 0.259 e. The fourth-order valence-corrected chi connectivity index (χ4v) is 4.16. The lowest BCUT2D eigenvalue weighted by Gasteiger charge is -2.16. The average molecular weight is 452 g/mol. The largest absolute Gasteiger partial charge is 0.457 e. The molecule has 0 N–H and O–H groups in total. The lowest BCUT2D eigenvalue weighted by molar-refractivity contribution is 0.483. The van der Waals surface area contributed by atoms with E-state index in [2.05, 4.69) is 31.2 Å². The molecule has 33 heavy (non-hydrogen) atoms. The van der Waals surface area contributed by atoms with Crippen LogP contribution < -0.4 is 10.3 Å². The van der Waals surface area contributed by atoms with Crippen LogP contribution in [0.15, 0.2) is 108 Å². The fourth-order valence-electron chi connectivity index (χ4n) is 3.93. The molecule has 0 fully saturated rings. The van der Waals surface area contributed by atoms with Crippen LogP contribution in [0.1, 0.15) is 11.1 Å². The first kappa shape index (κ1) is 21.0. The Morgan fingerprint density at radius 3 is 2.18 bits per heavy atom. The number of aryl methyl sites for hydroxylation is 1. The van der Waals surface area contributed by atoms with E-state index >= 15 is 0 Å². The summed E-state index contributed by atoms with van der Waals surface area (Å²) in [5, 5.41) is 1.93. The average Bonchev–Trinajstić information content (AvgIpc) is 2.84. The third-order valence-electron chi connectivity index (χ3n) is 5.69. The molecule has 5 aromatic rings. The topological polar surface area (TPSA) is 31.2 Å². The van der Waals surface area contributed by atoms with Gasteiger partial charge in [-0.05, 0) is 72.6 Å². The van der Waals surface area contributed by atoms with Crippen molar-refractivity contribution < 1.29 is 4.74 Å². The maximum Gasteiger partial charge on any atom is 0.259 e. The van der Waals surface area contributed by atoms with Crippen LogP contribution in [-0.4, -0.2) is 4.57 Å². The van der Waals surface area contributed by atoms with Crippen LogP contribution >= 0.6 is 11.6 Å². The van der Waals surface area contributed by atoms with E-state index in [0.29, 0.717) is 17.0 Å². The Hall–Kier alpha value is -3.82. The van der Waals surface area contributed by atoms with Gasteiger partial charge in [0.1, 0.15) is 11.5 Å². The summed E-state index contributed by atoms with van der Waals surface area (Å²) in [6.07, 6.45) is 0. The van der Waals surface area contributed by atoms with Crippen LogP contribution in [0.25, 0.3) is 22.0 Å². The molecule has 3 nitrogen and oxygen atoms in total. The first-order valence-corrected chi connectivity index (χ1v) is 11.2. The van der Waals surface area contributed by atoms with Gasteiger partial charge in [-0.25, -0.2) is 0 Å². The molecule has 4 heteroatoms. The SMILES string of the molecule is Cc1ccc(Cn2c(-c3ccc(Oc4ccccc4)cc3)cc3c(Cl)cccc3c2=O)cc1. The second-order valence-electron chi connectivity index (χ2n) is 8.05. The maximum atomic E-state index is 13.5. The summed E-state index contributed by atoms with van der Waals surface area (Å²) in [4.78, 5) is 13.5. The fraction of sp³-hybridized carbons (Fsp3) is 0.0690. The Kier molecular flexibility index (Phi) is 5.72. The molecule has 1 heterocycles. The zero-order valence-electron chi connectivity index (χ0n) is 18.2. The van der Waals surface area contributed by atoms with Crippen molar-refractivity contribution in [2.45, 2.75) is 13.5 Å². The summed E-state index contributed by atoms with van der Waals surface area (Å²) in [6.45, 7) is 2.53. The van der Waals surface area contributed by atoms with Crippen LogP contribution in [0.5, 0.6) is 11.5 Å². The number of aromatic nitrogens is 1. The molecular weight excluding hydrogens is 430 g/mol. The molecule has 1 aromatic heterocycles. The van der Waals surface area contributed by atoms with E-state index in [-0.39, 0.29) is 5.56 Å². The van der Waals surface area contributed by atoms with Gasteiger partial charge in [0.15, 0.2) is 0 Å². The summed E-state index contributed by atoms with van der Waals surface area (Å²) in [7, 11) is 0. The summed E-state index contributed by atoms with van der Waals surface area (Å²) < 4.78 is 7.75. The first-order valence-electron chi connectivity index (χ1n) is 10.8. The Morgan fingerprint density at radius 1 is 0.758 bits per heavy atom.